The number of pyridine rings is 2. The summed E-state index contributed by atoms with van der Waals surface area (Å²) in [6, 6.07) is 15.7. The van der Waals surface area contributed by atoms with E-state index in [9.17, 15) is 10.1 Å². The van der Waals surface area contributed by atoms with E-state index in [1.54, 1.807) is 23.9 Å². The summed E-state index contributed by atoms with van der Waals surface area (Å²) in [5, 5.41) is 17.5. The van der Waals surface area contributed by atoms with Crippen LogP contribution in [0.3, 0.4) is 0 Å². The quantitative estimate of drug-likeness (QED) is 0.418. The van der Waals surface area contributed by atoms with E-state index >= 15 is 0 Å². The normalized spacial score (nSPS) is 14.9. The second-order valence-electron chi connectivity index (χ2n) is 9.17. The Bertz CT molecular complexity index is 1550. The molecule has 2 N–H and O–H groups in total. The van der Waals surface area contributed by atoms with E-state index in [2.05, 4.69) is 31.7 Å². The number of fused-ring (bicyclic) bond motifs is 1. The van der Waals surface area contributed by atoms with Gasteiger partial charge < -0.3 is 10.6 Å². The summed E-state index contributed by atoms with van der Waals surface area (Å²) in [4.78, 5) is 27.5. The summed E-state index contributed by atoms with van der Waals surface area (Å²) in [7, 11) is 1.73. The summed E-state index contributed by atoms with van der Waals surface area (Å²) in [5.74, 6) is 0.410. The van der Waals surface area contributed by atoms with Gasteiger partial charge in [-0.05, 0) is 57.1 Å². The van der Waals surface area contributed by atoms with Crippen LogP contribution in [0, 0.1) is 23.7 Å². The Labute approximate surface area is 214 Å². The minimum Gasteiger partial charge on any atom is -0.357 e. The van der Waals surface area contributed by atoms with Gasteiger partial charge >= 0.3 is 0 Å². The molecule has 0 spiro atoms. The van der Waals surface area contributed by atoms with E-state index in [0.29, 0.717) is 46.0 Å². The first-order valence-electron chi connectivity index (χ1n) is 11.9. The lowest BCUT2D eigenvalue weighted by Gasteiger charge is -2.32. The zero-order valence-electron chi connectivity index (χ0n) is 20.2. The van der Waals surface area contributed by atoms with Crippen LogP contribution in [-0.4, -0.2) is 39.7 Å². The molecule has 36 heavy (non-hydrogen) atoms. The molecule has 0 radical (unpaired) electrons. The van der Waals surface area contributed by atoms with Crippen LogP contribution in [-0.2, 0) is 6.54 Å². The maximum atomic E-state index is 14.0. The zero-order valence-corrected chi connectivity index (χ0v) is 20.9. The summed E-state index contributed by atoms with van der Waals surface area (Å²) >= 11 is 6.75. The fourth-order valence-corrected chi connectivity index (χ4v) is 5.01. The fraction of sp³-hybridized carbons (Fsp3) is 0.296. The molecule has 4 aromatic rings. The Balaban J connectivity index is 1.67. The molecular weight excluding hydrogens is 474 g/mol. The number of aromatic nitrogens is 4. The molecule has 0 bridgehead atoms. The minimum absolute atomic E-state index is 0.236. The Morgan fingerprint density at radius 1 is 1.17 bits per heavy atom. The predicted octanol–water partition coefficient (Wildman–Crippen LogP) is 4.42. The van der Waals surface area contributed by atoms with Crippen molar-refractivity contribution < 1.29 is 0 Å². The maximum absolute atomic E-state index is 14.0. The zero-order chi connectivity index (χ0) is 25.3. The van der Waals surface area contributed by atoms with Gasteiger partial charge in [0.05, 0.1) is 17.2 Å². The van der Waals surface area contributed by atoms with Crippen LogP contribution in [0.4, 0.5) is 5.95 Å². The van der Waals surface area contributed by atoms with Crippen LogP contribution in [0.1, 0.15) is 18.5 Å². The molecule has 1 fully saturated rings. The third kappa shape index (κ3) is 4.43. The van der Waals surface area contributed by atoms with Crippen LogP contribution in [0.25, 0.3) is 33.4 Å². The van der Waals surface area contributed by atoms with Crippen molar-refractivity contribution in [1.82, 2.24) is 24.8 Å². The number of nitriles is 1. The van der Waals surface area contributed by atoms with Gasteiger partial charge in [-0.1, -0.05) is 29.8 Å². The van der Waals surface area contributed by atoms with Crippen LogP contribution in [0.15, 0.2) is 53.5 Å². The van der Waals surface area contributed by atoms with Gasteiger partial charge in [-0.15, -0.1) is 0 Å². The van der Waals surface area contributed by atoms with Crippen molar-refractivity contribution in [3.63, 3.8) is 0 Å². The number of rotatable bonds is 5. The largest absolute Gasteiger partial charge is 0.357 e. The molecule has 8 nitrogen and oxygen atoms in total. The smallest absolute Gasteiger partial charge is 0.260 e. The van der Waals surface area contributed by atoms with E-state index in [0.717, 1.165) is 30.0 Å². The molecule has 182 valence electrons. The van der Waals surface area contributed by atoms with Crippen LogP contribution in [0.2, 0.25) is 5.02 Å². The van der Waals surface area contributed by atoms with Crippen molar-refractivity contribution in [2.75, 3.05) is 25.5 Å². The lowest BCUT2D eigenvalue weighted by Crippen LogP contribution is -2.41. The molecule has 1 saturated heterocycles. The average Bonchev–Trinajstić information content (AvgIpc) is 2.90. The van der Waals surface area contributed by atoms with E-state index in [4.69, 9.17) is 11.6 Å². The summed E-state index contributed by atoms with van der Waals surface area (Å²) in [6.45, 7) is 3.65. The Kier molecular flexibility index (Phi) is 6.44. The molecule has 0 amide bonds. The van der Waals surface area contributed by atoms with Gasteiger partial charge in [0.15, 0.2) is 0 Å². The second kappa shape index (κ2) is 9.69. The topological polar surface area (TPSA) is 109 Å². The molecule has 1 aromatic carbocycles. The third-order valence-electron chi connectivity index (χ3n) is 6.75. The van der Waals surface area contributed by atoms with E-state index in [1.807, 2.05) is 43.3 Å². The third-order valence-corrected chi connectivity index (χ3v) is 7.07. The number of nitrogens with zero attached hydrogens (tertiary/aromatic N) is 5. The van der Waals surface area contributed by atoms with Gasteiger partial charge in [-0.25, -0.2) is 4.98 Å². The summed E-state index contributed by atoms with van der Waals surface area (Å²) < 4.78 is 1.62. The number of piperidine rings is 1. The summed E-state index contributed by atoms with van der Waals surface area (Å²) in [5.41, 5.74) is 3.25. The van der Waals surface area contributed by atoms with Crippen molar-refractivity contribution in [3.05, 3.63) is 69.7 Å². The van der Waals surface area contributed by atoms with Gasteiger partial charge in [-0.3, -0.25) is 14.3 Å². The fourth-order valence-electron chi connectivity index (χ4n) is 4.73. The molecule has 1 aliphatic rings. The molecular formula is C27H26ClN7O. The Hall–Kier alpha value is -3.80. The highest BCUT2D eigenvalue weighted by molar-refractivity contribution is 6.33. The molecule has 0 unspecified atom stereocenters. The number of anilines is 1. The van der Waals surface area contributed by atoms with Crippen LogP contribution in [0.5, 0.6) is 0 Å². The molecule has 0 aliphatic carbocycles. The molecule has 0 atom stereocenters. The highest BCUT2D eigenvalue weighted by Crippen LogP contribution is 2.34. The van der Waals surface area contributed by atoms with E-state index < -0.39 is 5.41 Å². The van der Waals surface area contributed by atoms with Crippen molar-refractivity contribution in [2.24, 2.45) is 5.41 Å². The van der Waals surface area contributed by atoms with E-state index in [-0.39, 0.29) is 12.1 Å². The first kappa shape index (κ1) is 23.9. The second-order valence-corrected chi connectivity index (χ2v) is 9.58. The Morgan fingerprint density at radius 3 is 2.67 bits per heavy atom. The number of halogens is 1. The number of aryl methyl sites for hydroxylation is 1. The molecule has 5 rings (SSSR count). The van der Waals surface area contributed by atoms with Crippen LogP contribution >= 0.6 is 11.6 Å². The lowest BCUT2D eigenvalue weighted by molar-refractivity contribution is 0.244. The molecule has 3 aromatic heterocycles. The number of hydrogen-bond acceptors (Lipinski definition) is 7. The van der Waals surface area contributed by atoms with Crippen molar-refractivity contribution >= 4 is 28.6 Å². The van der Waals surface area contributed by atoms with Crippen molar-refractivity contribution in [1.29, 1.82) is 5.26 Å². The first-order chi connectivity index (χ1) is 17.4. The van der Waals surface area contributed by atoms with Gasteiger partial charge in [0.2, 0.25) is 5.95 Å². The lowest BCUT2D eigenvalue weighted by atomic mass is 9.80. The van der Waals surface area contributed by atoms with Gasteiger partial charge in [0.1, 0.15) is 5.65 Å². The predicted molar refractivity (Wildman–Crippen MR) is 142 cm³/mol. The van der Waals surface area contributed by atoms with Crippen molar-refractivity contribution in [3.8, 4) is 28.5 Å². The molecule has 1 aliphatic heterocycles. The summed E-state index contributed by atoms with van der Waals surface area (Å²) in [6.07, 6.45) is 3.00. The van der Waals surface area contributed by atoms with Gasteiger partial charge in [-0.2, -0.15) is 10.2 Å². The average molecular weight is 500 g/mol. The number of nitrogens with one attached hydrogen (secondary N) is 2. The highest BCUT2D eigenvalue weighted by atomic mass is 35.5. The van der Waals surface area contributed by atoms with E-state index in [1.165, 1.54) is 0 Å². The standard InChI is InChI=1S/C27H26ClN7O/c1-17-4-3-5-23(33-17)18-6-7-20(22(28)13-18)21-12-19-14-32-26(30-2)34-24(19)35(25(21)36)16-27(15-29)8-10-31-11-9-27/h3-7,12-14,31H,8-11,16H2,1-2H3,(H,30,32,34). The molecule has 0 saturated carbocycles. The molecule has 9 heteroatoms. The Morgan fingerprint density at radius 2 is 1.97 bits per heavy atom. The van der Waals surface area contributed by atoms with Gasteiger partial charge in [0.25, 0.3) is 5.56 Å². The monoisotopic (exact) mass is 499 g/mol. The van der Waals surface area contributed by atoms with Crippen LogP contribution < -0.4 is 16.2 Å². The first-order valence-corrected chi connectivity index (χ1v) is 12.3. The van der Waals surface area contributed by atoms with Crippen molar-refractivity contribution in [2.45, 2.75) is 26.3 Å². The molecule has 4 heterocycles. The van der Waals surface area contributed by atoms with Gasteiger partial charge in [0, 0.05) is 52.6 Å². The highest BCUT2D eigenvalue weighted by Gasteiger charge is 2.34. The maximum Gasteiger partial charge on any atom is 0.260 e. The SMILES string of the molecule is CNc1ncc2cc(-c3ccc(-c4cccc(C)n4)cc3Cl)c(=O)n(CC3(C#N)CCNCC3)c2n1. The minimum atomic E-state index is -0.657. The number of benzene rings is 1. The number of hydrogen-bond donors (Lipinski definition) is 2.